The second-order valence-electron chi connectivity index (χ2n) is 9.44. The Balaban J connectivity index is 2.11. The van der Waals surface area contributed by atoms with E-state index in [1.807, 2.05) is 45.0 Å². The summed E-state index contributed by atoms with van der Waals surface area (Å²) in [5, 5.41) is 2.63. The van der Waals surface area contributed by atoms with Gasteiger partial charge >= 0.3 is 0 Å². The first-order valence-electron chi connectivity index (χ1n) is 13.6. The lowest BCUT2D eigenvalue weighted by molar-refractivity contribution is -0.140. The van der Waals surface area contributed by atoms with Gasteiger partial charge in [0.25, 0.3) is 10.0 Å². The Morgan fingerprint density at radius 1 is 0.929 bits per heavy atom. The van der Waals surface area contributed by atoms with Gasteiger partial charge in [0.1, 0.15) is 18.3 Å². The Bertz CT molecular complexity index is 1480. The molecule has 0 aromatic heterocycles. The molecule has 0 saturated heterocycles. The van der Waals surface area contributed by atoms with Crippen molar-refractivity contribution >= 4 is 27.5 Å². The minimum atomic E-state index is -4.30. The number of carbonyl (C=O) groups is 2. The Hall–Kier alpha value is -4.25. The van der Waals surface area contributed by atoms with Crippen molar-refractivity contribution in [2.75, 3.05) is 38.7 Å². The molecule has 3 aromatic carbocycles. The van der Waals surface area contributed by atoms with E-state index in [1.54, 1.807) is 24.3 Å². The van der Waals surface area contributed by atoms with Gasteiger partial charge in [-0.05, 0) is 67.8 Å². The summed E-state index contributed by atoms with van der Waals surface area (Å²) in [7, 11) is 0.0801. The van der Waals surface area contributed by atoms with E-state index in [-0.39, 0.29) is 28.8 Å². The van der Waals surface area contributed by atoms with Crippen LogP contribution in [0.15, 0.2) is 71.6 Å². The molecule has 226 valence electrons. The van der Waals surface area contributed by atoms with E-state index in [0.717, 1.165) is 15.4 Å². The van der Waals surface area contributed by atoms with Crippen molar-refractivity contribution in [3.63, 3.8) is 0 Å². The zero-order valence-corrected chi connectivity index (χ0v) is 25.7. The number of amides is 2. The number of likely N-dealkylation sites (N-methyl/N-ethyl adjacent to an activating group) is 1. The number of hydrogen-bond acceptors (Lipinski definition) is 7. The maximum Gasteiger partial charge on any atom is 0.264 e. The number of nitrogens with one attached hydrogen (secondary N) is 1. The summed E-state index contributed by atoms with van der Waals surface area (Å²) in [6.07, 6.45) is 0.336. The maximum atomic E-state index is 14.2. The predicted molar refractivity (Wildman–Crippen MR) is 162 cm³/mol. The lowest BCUT2D eigenvalue weighted by atomic mass is 10.1. The molecule has 0 bridgehead atoms. The van der Waals surface area contributed by atoms with Gasteiger partial charge in [-0.1, -0.05) is 31.2 Å². The number of methoxy groups -OCH3 is 2. The molecule has 0 fully saturated rings. The summed E-state index contributed by atoms with van der Waals surface area (Å²) in [5.41, 5.74) is 2.05. The first-order chi connectivity index (χ1) is 20.1. The van der Waals surface area contributed by atoms with E-state index in [2.05, 4.69) is 5.32 Å². The standard InChI is InChI=1S/C31H39N3O7S/c1-7-27(31(36)32-4)33(20-23-12-10-9-11-22(23)3)30(35)21-34(24-13-15-25(16-14-24)41-8-2)42(37,38)26-17-18-28(39-5)29(19-26)40-6/h9-19,27H,7-8,20-21H2,1-6H3,(H,32,36). The average Bonchev–Trinajstić information content (AvgIpc) is 3.00. The Kier molecular flexibility index (Phi) is 11.2. The average molecular weight is 598 g/mol. The number of anilines is 1. The van der Waals surface area contributed by atoms with Crippen LogP contribution in [0.4, 0.5) is 5.69 Å². The molecular formula is C31H39N3O7S. The smallest absolute Gasteiger partial charge is 0.264 e. The first-order valence-corrected chi connectivity index (χ1v) is 15.1. The molecule has 0 spiro atoms. The number of benzene rings is 3. The molecule has 11 heteroatoms. The van der Waals surface area contributed by atoms with Crippen LogP contribution in [0.5, 0.6) is 17.2 Å². The van der Waals surface area contributed by atoms with Crippen LogP contribution < -0.4 is 23.8 Å². The molecule has 1 N–H and O–H groups in total. The molecule has 0 aliphatic heterocycles. The lowest BCUT2D eigenvalue weighted by Gasteiger charge is -2.33. The number of nitrogens with zero attached hydrogens (tertiary/aromatic N) is 2. The zero-order valence-electron chi connectivity index (χ0n) is 24.9. The molecule has 0 saturated carbocycles. The van der Waals surface area contributed by atoms with E-state index < -0.39 is 28.5 Å². The molecular weight excluding hydrogens is 558 g/mol. The Labute approximate surface area is 248 Å². The van der Waals surface area contributed by atoms with Crippen LogP contribution in [0.1, 0.15) is 31.4 Å². The molecule has 0 heterocycles. The van der Waals surface area contributed by atoms with Gasteiger partial charge in [-0.3, -0.25) is 13.9 Å². The van der Waals surface area contributed by atoms with Crippen LogP contribution in [-0.2, 0) is 26.2 Å². The van der Waals surface area contributed by atoms with Gasteiger partial charge in [0, 0.05) is 19.7 Å². The summed E-state index contributed by atoms with van der Waals surface area (Å²) in [4.78, 5) is 28.3. The predicted octanol–water partition coefficient (Wildman–Crippen LogP) is 4.16. The molecule has 0 aliphatic carbocycles. The first kappa shape index (κ1) is 32.3. The number of aryl methyl sites for hydroxylation is 1. The molecule has 1 unspecified atom stereocenters. The van der Waals surface area contributed by atoms with Crippen LogP contribution in [-0.4, -0.2) is 65.6 Å². The lowest BCUT2D eigenvalue weighted by Crippen LogP contribution is -2.51. The molecule has 3 aromatic rings. The van der Waals surface area contributed by atoms with Gasteiger partial charge in [0.05, 0.1) is 31.4 Å². The summed E-state index contributed by atoms with van der Waals surface area (Å²) in [5.74, 6) is 0.272. The third-order valence-corrected chi connectivity index (χ3v) is 8.66. The van der Waals surface area contributed by atoms with Crippen molar-refractivity contribution in [2.45, 2.75) is 44.7 Å². The van der Waals surface area contributed by atoms with Crippen LogP contribution in [0.3, 0.4) is 0 Å². The van der Waals surface area contributed by atoms with E-state index >= 15 is 0 Å². The molecule has 42 heavy (non-hydrogen) atoms. The van der Waals surface area contributed by atoms with Crippen LogP contribution >= 0.6 is 0 Å². The molecule has 0 aliphatic rings. The van der Waals surface area contributed by atoms with Gasteiger partial charge in [-0.2, -0.15) is 0 Å². The number of hydrogen-bond donors (Lipinski definition) is 1. The molecule has 2 amide bonds. The van der Waals surface area contributed by atoms with Gasteiger partial charge in [-0.25, -0.2) is 8.42 Å². The summed E-state index contributed by atoms with van der Waals surface area (Å²) < 4.78 is 45.5. The highest BCUT2D eigenvalue weighted by Crippen LogP contribution is 2.33. The highest BCUT2D eigenvalue weighted by Gasteiger charge is 2.34. The molecule has 1 atom stereocenters. The van der Waals surface area contributed by atoms with Crippen molar-refractivity contribution < 1.29 is 32.2 Å². The fourth-order valence-corrected chi connectivity index (χ4v) is 6.00. The molecule has 10 nitrogen and oxygen atoms in total. The fourth-order valence-electron chi connectivity index (χ4n) is 4.57. The van der Waals surface area contributed by atoms with Gasteiger partial charge < -0.3 is 24.4 Å². The SMILES string of the molecule is CCOc1ccc(N(CC(=O)N(Cc2ccccc2C)C(CC)C(=O)NC)S(=O)(=O)c2ccc(OC)c(OC)c2)cc1. The van der Waals surface area contributed by atoms with Crippen LogP contribution in [0.2, 0.25) is 0 Å². The van der Waals surface area contributed by atoms with Crippen molar-refractivity contribution in [3.05, 3.63) is 77.9 Å². The van der Waals surface area contributed by atoms with Gasteiger partial charge in [-0.15, -0.1) is 0 Å². The normalized spacial score (nSPS) is 11.8. The third-order valence-electron chi connectivity index (χ3n) is 6.89. The number of sulfonamides is 1. The van der Waals surface area contributed by atoms with Crippen molar-refractivity contribution in [1.82, 2.24) is 10.2 Å². The van der Waals surface area contributed by atoms with E-state index in [1.165, 1.54) is 44.4 Å². The second-order valence-corrected chi connectivity index (χ2v) is 11.3. The van der Waals surface area contributed by atoms with Crippen LogP contribution in [0, 0.1) is 6.92 Å². The summed E-state index contributed by atoms with van der Waals surface area (Å²) >= 11 is 0. The Morgan fingerprint density at radius 2 is 1.60 bits per heavy atom. The minimum absolute atomic E-state index is 0.0920. The van der Waals surface area contributed by atoms with E-state index in [0.29, 0.717) is 24.5 Å². The molecule has 3 rings (SSSR count). The summed E-state index contributed by atoms with van der Waals surface area (Å²) in [6.45, 7) is 5.60. The number of rotatable bonds is 14. The monoisotopic (exact) mass is 597 g/mol. The van der Waals surface area contributed by atoms with E-state index in [9.17, 15) is 18.0 Å². The van der Waals surface area contributed by atoms with Crippen molar-refractivity contribution in [2.24, 2.45) is 0 Å². The second kappa shape index (κ2) is 14.6. The third kappa shape index (κ3) is 7.33. The van der Waals surface area contributed by atoms with E-state index in [4.69, 9.17) is 14.2 Å². The molecule has 0 radical (unpaired) electrons. The topological polar surface area (TPSA) is 114 Å². The summed E-state index contributed by atoms with van der Waals surface area (Å²) in [6, 6.07) is 17.4. The van der Waals surface area contributed by atoms with Gasteiger partial charge in [0.2, 0.25) is 11.8 Å². The van der Waals surface area contributed by atoms with Gasteiger partial charge in [0.15, 0.2) is 11.5 Å². The van der Waals surface area contributed by atoms with Crippen LogP contribution in [0.25, 0.3) is 0 Å². The minimum Gasteiger partial charge on any atom is -0.494 e. The number of ether oxygens (including phenoxy) is 3. The quantitative estimate of drug-likeness (QED) is 0.297. The number of carbonyl (C=O) groups excluding carboxylic acids is 2. The maximum absolute atomic E-state index is 14.2. The largest absolute Gasteiger partial charge is 0.494 e. The van der Waals surface area contributed by atoms with Crippen molar-refractivity contribution in [3.8, 4) is 17.2 Å². The zero-order chi connectivity index (χ0) is 30.9. The fraction of sp³-hybridized carbons (Fsp3) is 0.355. The van der Waals surface area contributed by atoms with Crippen molar-refractivity contribution in [1.29, 1.82) is 0 Å². The Morgan fingerprint density at radius 3 is 2.17 bits per heavy atom. The highest BCUT2D eigenvalue weighted by atomic mass is 32.2. The highest BCUT2D eigenvalue weighted by molar-refractivity contribution is 7.92.